The van der Waals surface area contributed by atoms with Crippen LogP contribution in [0.1, 0.15) is 43.3 Å². The summed E-state index contributed by atoms with van der Waals surface area (Å²) in [5.41, 5.74) is -0.841. The Bertz CT molecular complexity index is 697. The van der Waals surface area contributed by atoms with Crippen LogP contribution in [-0.4, -0.2) is 20.7 Å². The Morgan fingerprint density at radius 3 is 2.71 bits per heavy atom. The molecule has 0 radical (unpaired) electrons. The lowest BCUT2D eigenvalue weighted by Crippen LogP contribution is -2.30. The SMILES string of the molecule is CCCn1ncnc1[C@H](C)NC(=O)Cc1ccccc1C(F)(F)F. The molecule has 0 saturated carbocycles. The Kier molecular flexibility index (Phi) is 5.58. The molecule has 1 heterocycles. The first-order chi connectivity index (χ1) is 11.3. The number of alkyl halides is 3. The van der Waals surface area contributed by atoms with E-state index < -0.39 is 23.7 Å². The lowest BCUT2D eigenvalue weighted by Gasteiger charge is -2.16. The van der Waals surface area contributed by atoms with Crippen molar-refractivity contribution in [3.63, 3.8) is 0 Å². The summed E-state index contributed by atoms with van der Waals surface area (Å²) in [6, 6.07) is 4.64. The number of nitrogens with zero attached hydrogens (tertiary/aromatic N) is 3. The van der Waals surface area contributed by atoms with Gasteiger partial charge < -0.3 is 5.32 Å². The van der Waals surface area contributed by atoms with E-state index in [4.69, 9.17) is 0 Å². The van der Waals surface area contributed by atoms with Crippen molar-refractivity contribution in [1.82, 2.24) is 20.1 Å². The zero-order valence-corrected chi connectivity index (χ0v) is 13.5. The molecule has 2 aromatic rings. The van der Waals surface area contributed by atoms with Gasteiger partial charge in [0.15, 0.2) is 0 Å². The van der Waals surface area contributed by atoms with Crippen LogP contribution in [0, 0.1) is 0 Å². The van der Waals surface area contributed by atoms with Gasteiger partial charge in [-0.05, 0) is 25.0 Å². The minimum absolute atomic E-state index is 0.0512. The molecule has 5 nitrogen and oxygen atoms in total. The fourth-order valence-electron chi connectivity index (χ4n) is 2.47. The number of carbonyl (C=O) groups excluding carboxylic acids is 1. The number of aromatic nitrogens is 3. The van der Waals surface area contributed by atoms with Crippen LogP contribution in [0.2, 0.25) is 0 Å². The third-order valence-electron chi connectivity index (χ3n) is 3.52. The van der Waals surface area contributed by atoms with Crippen molar-refractivity contribution in [2.24, 2.45) is 0 Å². The van der Waals surface area contributed by atoms with E-state index in [9.17, 15) is 18.0 Å². The molecular weight excluding hydrogens is 321 g/mol. The number of benzene rings is 1. The highest BCUT2D eigenvalue weighted by atomic mass is 19.4. The predicted molar refractivity (Wildman–Crippen MR) is 82.0 cm³/mol. The average molecular weight is 340 g/mol. The van der Waals surface area contributed by atoms with E-state index in [-0.39, 0.29) is 12.0 Å². The van der Waals surface area contributed by atoms with E-state index in [0.29, 0.717) is 12.4 Å². The molecule has 0 aliphatic carbocycles. The molecule has 0 saturated heterocycles. The number of hydrogen-bond donors (Lipinski definition) is 1. The molecule has 0 fully saturated rings. The highest BCUT2D eigenvalue weighted by molar-refractivity contribution is 5.79. The second-order valence-corrected chi connectivity index (χ2v) is 5.46. The van der Waals surface area contributed by atoms with E-state index in [2.05, 4.69) is 15.4 Å². The molecule has 0 unspecified atom stereocenters. The van der Waals surface area contributed by atoms with Gasteiger partial charge in [-0.15, -0.1) is 0 Å². The first-order valence-corrected chi connectivity index (χ1v) is 7.65. The molecule has 130 valence electrons. The lowest BCUT2D eigenvalue weighted by molar-refractivity contribution is -0.138. The standard InChI is InChI=1S/C16H19F3N4O/c1-3-8-23-15(20-10-21-23)11(2)22-14(24)9-12-6-4-5-7-13(12)16(17,18)19/h4-7,10-11H,3,8-9H2,1-2H3,(H,22,24)/t11-/m0/s1. The highest BCUT2D eigenvalue weighted by Crippen LogP contribution is 2.32. The highest BCUT2D eigenvalue weighted by Gasteiger charge is 2.33. The molecule has 0 spiro atoms. The maximum Gasteiger partial charge on any atom is 0.416 e. The van der Waals surface area contributed by atoms with Gasteiger partial charge in [0.2, 0.25) is 5.91 Å². The number of aryl methyl sites for hydroxylation is 1. The van der Waals surface area contributed by atoms with Crippen molar-refractivity contribution in [1.29, 1.82) is 0 Å². The number of nitrogens with one attached hydrogen (secondary N) is 1. The Morgan fingerprint density at radius 1 is 1.33 bits per heavy atom. The Labute approximate surface area is 137 Å². The van der Waals surface area contributed by atoms with Crippen LogP contribution in [-0.2, 0) is 23.9 Å². The van der Waals surface area contributed by atoms with E-state index in [1.54, 1.807) is 11.6 Å². The predicted octanol–water partition coefficient (Wildman–Crippen LogP) is 3.13. The van der Waals surface area contributed by atoms with Gasteiger partial charge in [0, 0.05) is 6.54 Å². The van der Waals surface area contributed by atoms with Crippen molar-refractivity contribution < 1.29 is 18.0 Å². The first kappa shape index (κ1) is 18.0. The van der Waals surface area contributed by atoms with E-state index in [1.807, 2.05) is 6.92 Å². The summed E-state index contributed by atoms with van der Waals surface area (Å²) in [5, 5.41) is 6.75. The van der Waals surface area contributed by atoms with Gasteiger partial charge in [-0.25, -0.2) is 9.67 Å². The van der Waals surface area contributed by atoms with Gasteiger partial charge in [0.05, 0.1) is 18.0 Å². The third kappa shape index (κ3) is 4.33. The summed E-state index contributed by atoms with van der Waals surface area (Å²) < 4.78 is 40.6. The first-order valence-electron chi connectivity index (χ1n) is 7.65. The van der Waals surface area contributed by atoms with Crippen molar-refractivity contribution in [3.8, 4) is 0 Å². The topological polar surface area (TPSA) is 59.8 Å². The van der Waals surface area contributed by atoms with Crippen LogP contribution in [0.15, 0.2) is 30.6 Å². The fourth-order valence-corrected chi connectivity index (χ4v) is 2.47. The number of hydrogen-bond acceptors (Lipinski definition) is 3. The maximum atomic E-state index is 13.0. The summed E-state index contributed by atoms with van der Waals surface area (Å²) in [4.78, 5) is 16.2. The monoisotopic (exact) mass is 340 g/mol. The van der Waals surface area contributed by atoms with Gasteiger partial charge in [-0.1, -0.05) is 25.1 Å². The minimum Gasteiger partial charge on any atom is -0.346 e. The van der Waals surface area contributed by atoms with Crippen molar-refractivity contribution in [2.45, 2.75) is 45.5 Å². The molecule has 1 amide bonds. The van der Waals surface area contributed by atoms with Crippen molar-refractivity contribution in [2.75, 3.05) is 0 Å². The molecule has 0 aliphatic rings. The third-order valence-corrected chi connectivity index (χ3v) is 3.52. The molecule has 24 heavy (non-hydrogen) atoms. The van der Waals surface area contributed by atoms with Crippen LogP contribution in [0.25, 0.3) is 0 Å². The molecule has 1 aromatic carbocycles. The molecule has 0 bridgehead atoms. The Morgan fingerprint density at radius 2 is 2.04 bits per heavy atom. The molecule has 1 N–H and O–H groups in total. The number of carbonyl (C=O) groups is 1. The van der Waals surface area contributed by atoms with Gasteiger partial charge in [0.25, 0.3) is 0 Å². The van der Waals surface area contributed by atoms with E-state index in [0.717, 1.165) is 12.5 Å². The summed E-state index contributed by atoms with van der Waals surface area (Å²) in [7, 11) is 0. The zero-order valence-electron chi connectivity index (χ0n) is 13.5. The maximum absolute atomic E-state index is 13.0. The smallest absolute Gasteiger partial charge is 0.346 e. The molecular formula is C16H19F3N4O. The summed E-state index contributed by atoms with van der Waals surface area (Å²) >= 11 is 0. The molecule has 8 heteroatoms. The second kappa shape index (κ2) is 7.46. The number of halogens is 3. The average Bonchev–Trinajstić information content (AvgIpc) is 2.95. The van der Waals surface area contributed by atoms with Crippen LogP contribution < -0.4 is 5.32 Å². The van der Waals surface area contributed by atoms with Crippen LogP contribution >= 0.6 is 0 Å². The summed E-state index contributed by atoms with van der Waals surface area (Å²) in [6.07, 6.45) is -2.58. The number of rotatable bonds is 6. The zero-order chi connectivity index (χ0) is 17.7. The van der Waals surface area contributed by atoms with Crippen LogP contribution in [0.3, 0.4) is 0 Å². The van der Waals surface area contributed by atoms with Crippen molar-refractivity contribution >= 4 is 5.91 Å². The largest absolute Gasteiger partial charge is 0.416 e. The van der Waals surface area contributed by atoms with E-state index >= 15 is 0 Å². The quantitative estimate of drug-likeness (QED) is 0.879. The van der Waals surface area contributed by atoms with Crippen LogP contribution in [0.4, 0.5) is 13.2 Å². The van der Waals surface area contributed by atoms with Crippen LogP contribution in [0.5, 0.6) is 0 Å². The second-order valence-electron chi connectivity index (χ2n) is 5.46. The van der Waals surface area contributed by atoms with Crippen molar-refractivity contribution in [3.05, 3.63) is 47.5 Å². The fraction of sp³-hybridized carbons (Fsp3) is 0.438. The van der Waals surface area contributed by atoms with Gasteiger partial charge in [-0.2, -0.15) is 18.3 Å². The molecule has 1 aromatic heterocycles. The number of amides is 1. The Hall–Kier alpha value is -2.38. The normalized spacial score (nSPS) is 12.9. The van der Waals surface area contributed by atoms with Gasteiger partial charge in [0.1, 0.15) is 12.2 Å². The van der Waals surface area contributed by atoms with E-state index in [1.165, 1.54) is 24.5 Å². The van der Waals surface area contributed by atoms with Gasteiger partial charge >= 0.3 is 6.18 Å². The lowest BCUT2D eigenvalue weighted by atomic mass is 10.0. The summed E-state index contributed by atoms with van der Waals surface area (Å²) in [5.74, 6) is 0.0829. The molecule has 0 aliphatic heterocycles. The van der Waals surface area contributed by atoms with Gasteiger partial charge in [-0.3, -0.25) is 4.79 Å². The molecule has 1 atom stereocenters. The Balaban J connectivity index is 2.07. The minimum atomic E-state index is -4.48. The molecule has 2 rings (SSSR count). The summed E-state index contributed by atoms with van der Waals surface area (Å²) in [6.45, 7) is 4.37.